The first-order valence-electron chi connectivity index (χ1n) is 4.64. The Hall–Kier alpha value is -0.900. The average molecular weight is 263 g/mol. The number of alkyl halides is 3. The highest BCUT2D eigenvalue weighted by Gasteiger charge is 2.38. The van der Waals surface area contributed by atoms with E-state index in [4.69, 9.17) is 25.2 Å². The van der Waals surface area contributed by atoms with Crippen LogP contribution in [0.3, 0.4) is 0 Å². The molecular formula is C8H16F3NO5. The van der Waals surface area contributed by atoms with Crippen molar-refractivity contribution in [3.63, 3.8) is 0 Å². The molecule has 0 radical (unpaired) electrons. The summed E-state index contributed by atoms with van der Waals surface area (Å²) in [4.78, 5) is 10.7. The topological polar surface area (TPSA) is 101 Å². The van der Waals surface area contributed by atoms with Gasteiger partial charge in [0.05, 0.1) is 19.8 Å². The van der Waals surface area contributed by atoms with Gasteiger partial charge in [-0.3, -0.25) is 4.90 Å². The Morgan fingerprint density at radius 2 is 1.18 bits per heavy atom. The van der Waals surface area contributed by atoms with E-state index in [1.807, 2.05) is 0 Å². The first kappa shape index (κ1) is 18.5. The summed E-state index contributed by atoms with van der Waals surface area (Å²) in [6.45, 7) is 1.75. The zero-order valence-corrected chi connectivity index (χ0v) is 9.02. The zero-order chi connectivity index (χ0) is 13.9. The number of aliphatic hydroxyl groups excluding tert-OH is 3. The molecule has 0 aliphatic rings. The molecule has 104 valence electrons. The molecule has 17 heavy (non-hydrogen) atoms. The van der Waals surface area contributed by atoms with Crippen molar-refractivity contribution in [1.82, 2.24) is 4.90 Å². The molecule has 9 heteroatoms. The summed E-state index contributed by atoms with van der Waals surface area (Å²) in [6, 6.07) is 0. The Labute approximate surface area is 95.9 Å². The molecule has 0 rings (SSSR count). The summed E-state index contributed by atoms with van der Waals surface area (Å²) < 4.78 is 31.7. The van der Waals surface area contributed by atoms with E-state index in [1.54, 1.807) is 4.90 Å². The van der Waals surface area contributed by atoms with Crippen molar-refractivity contribution in [2.45, 2.75) is 6.18 Å². The van der Waals surface area contributed by atoms with Crippen molar-refractivity contribution in [2.24, 2.45) is 0 Å². The van der Waals surface area contributed by atoms with Crippen LogP contribution in [0.25, 0.3) is 0 Å². The van der Waals surface area contributed by atoms with Crippen molar-refractivity contribution in [2.75, 3.05) is 39.5 Å². The van der Waals surface area contributed by atoms with Gasteiger partial charge in [-0.15, -0.1) is 0 Å². The predicted octanol–water partition coefficient (Wildman–Crippen LogP) is -1.10. The number of hydrogen-bond donors (Lipinski definition) is 4. The van der Waals surface area contributed by atoms with Crippen LogP contribution in [0.15, 0.2) is 0 Å². The van der Waals surface area contributed by atoms with Crippen LogP contribution in [-0.4, -0.2) is 76.9 Å². The normalized spacial score (nSPS) is 11.0. The molecule has 0 aromatic carbocycles. The third-order valence-corrected chi connectivity index (χ3v) is 1.49. The molecular weight excluding hydrogens is 247 g/mol. The van der Waals surface area contributed by atoms with Crippen molar-refractivity contribution in [3.05, 3.63) is 0 Å². The van der Waals surface area contributed by atoms with Crippen LogP contribution in [-0.2, 0) is 4.79 Å². The summed E-state index contributed by atoms with van der Waals surface area (Å²) in [5.41, 5.74) is 0. The minimum absolute atomic E-state index is 0.0694. The summed E-state index contributed by atoms with van der Waals surface area (Å²) in [6.07, 6.45) is -5.08. The van der Waals surface area contributed by atoms with E-state index in [0.717, 1.165) is 0 Å². The van der Waals surface area contributed by atoms with Gasteiger partial charge in [0.2, 0.25) is 0 Å². The number of aliphatic carboxylic acids is 1. The van der Waals surface area contributed by atoms with Crippen LogP contribution in [0, 0.1) is 0 Å². The number of carboxylic acid groups (broad SMARTS) is 1. The lowest BCUT2D eigenvalue weighted by Crippen LogP contribution is -2.32. The second kappa shape index (κ2) is 10.3. The van der Waals surface area contributed by atoms with Crippen molar-refractivity contribution in [3.8, 4) is 0 Å². The van der Waals surface area contributed by atoms with Gasteiger partial charge in [0, 0.05) is 19.6 Å². The molecule has 0 aliphatic carbocycles. The second-order valence-electron chi connectivity index (χ2n) is 2.82. The largest absolute Gasteiger partial charge is 0.490 e. The van der Waals surface area contributed by atoms with Gasteiger partial charge in [-0.05, 0) is 0 Å². The lowest BCUT2D eigenvalue weighted by atomic mass is 10.4. The number of carbonyl (C=O) groups is 1. The Morgan fingerprint density at radius 1 is 0.941 bits per heavy atom. The van der Waals surface area contributed by atoms with E-state index in [-0.39, 0.29) is 19.8 Å². The number of carboxylic acids is 1. The highest BCUT2D eigenvalue weighted by molar-refractivity contribution is 5.73. The third-order valence-electron chi connectivity index (χ3n) is 1.49. The lowest BCUT2D eigenvalue weighted by molar-refractivity contribution is -0.192. The van der Waals surface area contributed by atoms with Gasteiger partial charge in [0.15, 0.2) is 0 Å². The SMILES string of the molecule is O=C(O)C(F)(F)F.OCCN(CCO)CCO. The predicted molar refractivity (Wildman–Crippen MR) is 51.4 cm³/mol. The van der Waals surface area contributed by atoms with Gasteiger partial charge in [0.1, 0.15) is 0 Å². The minimum atomic E-state index is -5.08. The maximum atomic E-state index is 10.6. The van der Waals surface area contributed by atoms with Gasteiger partial charge in [-0.25, -0.2) is 4.79 Å². The number of nitrogens with zero attached hydrogens (tertiary/aromatic N) is 1. The minimum Gasteiger partial charge on any atom is -0.475 e. The standard InChI is InChI=1S/C6H15NO3.C2HF3O2/c8-4-1-7(2-5-9)3-6-10;3-2(4,5)1(6)7/h8-10H,1-6H2;(H,6,7). The van der Waals surface area contributed by atoms with E-state index in [0.29, 0.717) is 19.6 Å². The third kappa shape index (κ3) is 13.0. The van der Waals surface area contributed by atoms with Gasteiger partial charge in [0.25, 0.3) is 0 Å². The summed E-state index contributed by atoms with van der Waals surface area (Å²) >= 11 is 0. The maximum absolute atomic E-state index is 10.6. The van der Waals surface area contributed by atoms with E-state index in [9.17, 15) is 13.2 Å². The molecule has 0 saturated heterocycles. The fourth-order valence-corrected chi connectivity index (χ4v) is 0.760. The van der Waals surface area contributed by atoms with Gasteiger partial charge >= 0.3 is 12.1 Å². The molecule has 0 aromatic rings. The Bertz CT molecular complexity index is 186. The lowest BCUT2D eigenvalue weighted by Gasteiger charge is -2.17. The Kier molecular flexibility index (Phi) is 11.2. The summed E-state index contributed by atoms with van der Waals surface area (Å²) in [7, 11) is 0. The van der Waals surface area contributed by atoms with Gasteiger partial charge < -0.3 is 20.4 Å². The second-order valence-corrected chi connectivity index (χ2v) is 2.82. The molecule has 0 aromatic heterocycles. The van der Waals surface area contributed by atoms with Crippen LogP contribution in [0.4, 0.5) is 13.2 Å². The number of halogens is 3. The van der Waals surface area contributed by atoms with Crippen molar-refractivity contribution >= 4 is 5.97 Å². The molecule has 0 spiro atoms. The van der Waals surface area contributed by atoms with Gasteiger partial charge in [-0.1, -0.05) is 0 Å². The molecule has 0 unspecified atom stereocenters. The monoisotopic (exact) mass is 263 g/mol. The van der Waals surface area contributed by atoms with Crippen molar-refractivity contribution in [1.29, 1.82) is 0 Å². The summed E-state index contributed by atoms with van der Waals surface area (Å²) in [5, 5.41) is 32.6. The molecule has 0 amide bonds. The van der Waals surface area contributed by atoms with E-state index < -0.39 is 12.1 Å². The quantitative estimate of drug-likeness (QED) is 0.485. The van der Waals surface area contributed by atoms with Crippen LogP contribution in [0.1, 0.15) is 0 Å². The maximum Gasteiger partial charge on any atom is 0.490 e. The smallest absolute Gasteiger partial charge is 0.475 e. The Morgan fingerprint density at radius 3 is 1.29 bits per heavy atom. The molecule has 0 heterocycles. The first-order valence-corrected chi connectivity index (χ1v) is 4.64. The van der Waals surface area contributed by atoms with Crippen molar-refractivity contribution < 1.29 is 38.4 Å². The highest BCUT2D eigenvalue weighted by atomic mass is 19.4. The number of aliphatic hydroxyl groups is 3. The highest BCUT2D eigenvalue weighted by Crippen LogP contribution is 2.13. The molecule has 0 atom stereocenters. The zero-order valence-electron chi connectivity index (χ0n) is 9.02. The van der Waals surface area contributed by atoms with E-state index >= 15 is 0 Å². The van der Waals surface area contributed by atoms with E-state index in [1.165, 1.54) is 0 Å². The fourth-order valence-electron chi connectivity index (χ4n) is 0.760. The number of rotatable bonds is 6. The molecule has 6 nitrogen and oxygen atoms in total. The van der Waals surface area contributed by atoms with Crippen LogP contribution in [0.5, 0.6) is 0 Å². The van der Waals surface area contributed by atoms with Crippen LogP contribution in [0.2, 0.25) is 0 Å². The first-order chi connectivity index (χ1) is 7.79. The molecule has 0 saturated carbocycles. The molecule has 0 bridgehead atoms. The van der Waals surface area contributed by atoms with Crippen LogP contribution < -0.4 is 0 Å². The fraction of sp³-hybridized carbons (Fsp3) is 0.875. The van der Waals surface area contributed by atoms with Gasteiger partial charge in [-0.2, -0.15) is 13.2 Å². The van der Waals surface area contributed by atoms with Crippen LogP contribution >= 0.6 is 0 Å². The molecule has 4 N–H and O–H groups in total. The number of hydrogen-bond acceptors (Lipinski definition) is 5. The molecule has 0 aliphatic heterocycles. The average Bonchev–Trinajstić information content (AvgIpc) is 2.18. The Balaban J connectivity index is 0. The van der Waals surface area contributed by atoms with E-state index in [2.05, 4.69) is 0 Å². The molecule has 0 fully saturated rings. The summed E-state index contributed by atoms with van der Waals surface area (Å²) in [5.74, 6) is -2.76.